The average Bonchev–Trinajstić information content (AvgIpc) is 2.72. The van der Waals surface area contributed by atoms with Crippen LogP contribution in [-0.2, 0) is 4.79 Å². The molecule has 4 rings (SSSR count). The van der Waals surface area contributed by atoms with E-state index in [4.69, 9.17) is 14.5 Å². The summed E-state index contributed by atoms with van der Waals surface area (Å²) in [4.78, 5) is 26.4. The number of hydrogen-bond donors (Lipinski definition) is 0. The van der Waals surface area contributed by atoms with Gasteiger partial charge in [-0.15, -0.1) is 0 Å². The minimum absolute atomic E-state index is 0.0200. The maximum absolute atomic E-state index is 13.1. The number of benzene rings is 1. The van der Waals surface area contributed by atoms with Crippen molar-refractivity contribution >= 4 is 11.7 Å². The fraction of sp³-hybridized carbons (Fsp3) is 0.500. The SMILES string of the molecule is Cc1cc(N2CCN(C(=O)[C@@H]3Oc4ccccc4O[C@@H]3C)CC2)nc(C(C)C)n1. The monoisotopic (exact) mass is 396 g/mol. The Morgan fingerprint density at radius 3 is 2.38 bits per heavy atom. The molecular formula is C22H28N4O3. The fourth-order valence-corrected chi connectivity index (χ4v) is 3.72. The summed E-state index contributed by atoms with van der Waals surface area (Å²) in [6.07, 6.45) is -0.946. The Kier molecular flexibility index (Phi) is 5.30. The minimum atomic E-state index is -0.620. The average molecular weight is 396 g/mol. The van der Waals surface area contributed by atoms with Gasteiger partial charge in [-0.25, -0.2) is 9.97 Å². The summed E-state index contributed by atoms with van der Waals surface area (Å²) >= 11 is 0. The Morgan fingerprint density at radius 1 is 1.07 bits per heavy atom. The number of aryl methyl sites for hydroxylation is 1. The van der Waals surface area contributed by atoms with Crippen LogP contribution in [0.4, 0.5) is 5.82 Å². The Hall–Kier alpha value is -2.83. The second-order valence-corrected chi connectivity index (χ2v) is 8.00. The van der Waals surface area contributed by atoms with Crippen LogP contribution in [0.15, 0.2) is 30.3 Å². The zero-order valence-corrected chi connectivity index (χ0v) is 17.5. The molecule has 1 fully saturated rings. The molecule has 0 bridgehead atoms. The van der Waals surface area contributed by atoms with Gasteiger partial charge in [0.1, 0.15) is 17.7 Å². The van der Waals surface area contributed by atoms with Crippen molar-refractivity contribution in [3.63, 3.8) is 0 Å². The third-order valence-electron chi connectivity index (χ3n) is 5.38. The Labute approximate surface area is 171 Å². The number of anilines is 1. The maximum atomic E-state index is 13.1. The van der Waals surface area contributed by atoms with Crippen molar-refractivity contribution in [2.45, 2.75) is 45.8 Å². The van der Waals surface area contributed by atoms with Crippen LogP contribution in [0.5, 0.6) is 11.5 Å². The summed E-state index contributed by atoms with van der Waals surface area (Å²) in [5.74, 6) is 3.37. The second-order valence-electron chi connectivity index (χ2n) is 8.00. The molecule has 0 spiro atoms. The number of para-hydroxylation sites is 2. The number of amides is 1. The number of fused-ring (bicyclic) bond motifs is 1. The number of carbonyl (C=O) groups excluding carboxylic acids is 1. The lowest BCUT2D eigenvalue weighted by Crippen LogP contribution is -2.56. The van der Waals surface area contributed by atoms with Crippen LogP contribution >= 0.6 is 0 Å². The molecule has 29 heavy (non-hydrogen) atoms. The van der Waals surface area contributed by atoms with E-state index in [1.54, 1.807) is 0 Å². The maximum Gasteiger partial charge on any atom is 0.267 e. The van der Waals surface area contributed by atoms with Gasteiger partial charge in [-0.1, -0.05) is 26.0 Å². The molecule has 1 aromatic carbocycles. The molecule has 1 saturated heterocycles. The first-order valence-electron chi connectivity index (χ1n) is 10.2. The molecule has 2 aliphatic rings. The van der Waals surface area contributed by atoms with Crippen molar-refractivity contribution in [3.8, 4) is 11.5 Å². The van der Waals surface area contributed by atoms with Gasteiger partial charge >= 0.3 is 0 Å². The molecular weight excluding hydrogens is 368 g/mol. The van der Waals surface area contributed by atoms with Gasteiger partial charge < -0.3 is 19.3 Å². The quantitative estimate of drug-likeness (QED) is 0.795. The fourth-order valence-electron chi connectivity index (χ4n) is 3.72. The van der Waals surface area contributed by atoms with Crippen molar-refractivity contribution in [3.05, 3.63) is 41.9 Å². The first-order chi connectivity index (χ1) is 13.9. The number of ether oxygens (including phenoxy) is 2. The molecule has 1 aromatic heterocycles. The standard InChI is InChI=1S/C22H28N4O3/c1-14(2)21-23-15(3)13-19(24-21)25-9-11-26(12-10-25)22(27)20-16(4)28-17-7-5-6-8-18(17)29-20/h5-8,13-14,16,20H,9-12H2,1-4H3/t16-,20-/m1/s1. The predicted molar refractivity (Wildman–Crippen MR) is 111 cm³/mol. The molecule has 154 valence electrons. The summed E-state index contributed by atoms with van der Waals surface area (Å²) in [7, 11) is 0. The van der Waals surface area contributed by atoms with Crippen LogP contribution in [0.25, 0.3) is 0 Å². The molecule has 0 radical (unpaired) electrons. The van der Waals surface area contributed by atoms with Crippen LogP contribution in [0.1, 0.15) is 38.2 Å². The molecule has 7 nitrogen and oxygen atoms in total. The molecule has 0 aliphatic carbocycles. The summed E-state index contributed by atoms with van der Waals surface area (Å²) in [5, 5.41) is 0. The van der Waals surface area contributed by atoms with Crippen LogP contribution in [0, 0.1) is 6.92 Å². The largest absolute Gasteiger partial charge is 0.482 e. The Bertz CT molecular complexity index is 893. The molecule has 3 heterocycles. The van der Waals surface area contributed by atoms with Crippen LogP contribution < -0.4 is 14.4 Å². The molecule has 0 unspecified atom stereocenters. The third kappa shape index (κ3) is 3.99. The van der Waals surface area contributed by atoms with E-state index < -0.39 is 6.10 Å². The van der Waals surface area contributed by atoms with Gasteiger partial charge in [0.15, 0.2) is 11.5 Å². The zero-order chi connectivity index (χ0) is 20.5. The number of piperazine rings is 1. The number of aromatic nitrogens is 2. The zero-order valence-electron chi connectivity index (χ0n) is 17.5. The number of rotatable bonds is 3. The smallest absolute Gasteiger partial charge is 0.267 e. The first-order valence-corrected chi connectivity index (χ1v) is 10.2. The Morgan fingerprint density at radius 2 is 1.72 bits per heavy atom. The third-order valence-corrected chi connectivity index (χ3v) is 5.38. The molecule has 7 heteroatoms. The molecule has 1 amide bonds. The van der Waals surface area contributed by atoms with Crippen LogP contribution in [0.2, 0.25) is 0 Å². The highest BCUT2D eigenvalue weighted by atomic mass is 16.6. The topological polar surface area (TPSA) is 67.8 Å². The number of hydrogen-bond acceptors (Lipinski definition) is 6. The van der Waals surface area contributed by atoms with E-state index in [2.05, 4.69) is 23.7 Å². The summed E-state index contributed by atoms with van der Waals surface area (Å²) in [6, 6.07) is 9.49. The van der Waals surface area contributed by atoms with Gasteiger partial charge in [0.25, 0.3) is 5.91 Å². The summed E-state index contributed by atoms with van der Waals surface area (Å²) in [6.45, 7) is 10.8. The molecule has 0 N–H and O–H groups in total. The van der Waals surface area contributed by atoms with Gasteiger partial charge in [0.2, 0.25) is 6.10 Å². The lowest BCUT2D eigenvalue weighted by atomic mass is 10.1. The van der Waals surface area contributed by atoms with Crippen molar-refractivity contribution in [1.29, 1.82) is 0 Å². The van der Waals surface area contributed by atoms with E-state index >= 15 is 0 Å². The van der Waals surface area contributed by atoms with E-state index in [-0.39, 0.29) is 17.9 Å². The molecule has 2 aromatic rings. The molecule has 2 atom stereocenters. The normalized spacial score (nSPS) is 21.4. The lowest BCUT2D eigenvalue weighted by Gasteiger charge is -2.39. The summed E-state index contributed by atoms with van der Waals surface area (Å²) in [5.41, 5.74) is 0.970. The minimum Gasteiger partial charge on any atom is -0.482 e. The van der Waals surface area contributed by atoms with Gasteiger partial charge in [-0.05, 0) is 26.0 Å². The van der Waals surface area contributed by atoms with Crippen LogP contribution in [-0.4, -0.2) is 59.2 Å². The molecule has 0 saturated carbocycles. The van der Waals surface area contributed by atoms with Gasteiger partial charge in [0.05, 0.1) is 0 Å². The van der Waals surface area contributed by atoms with E-state index in [0.717, 1.165) is 30.4 Å². The highest BCUT2D eigenvalue weighted by molar-refractivity contribution is 5.82. The van der Waals surface area contributed by atoms with Crippen molar-refractivity contribution < 1.29 is 14.3 Å². The lowest BCUT2D eigenvalue weighted by molar-refractivity contribution is -0.144. The number of nitrogens with zero attached hydrogens (tertiary/aromatic N) is 4. The number of carbonyl (C=O) groups is 1. The van der Waals surface area contributed by atoms with Crippen LogP contribution in [0.3, 0.4) is 0 Å². The van der Waals surface area contributed by atoms with E-state index in [1.165, 1.54) is 0 Å². The van der Waals surface area contributed by atoms with Gasteiger partial charge in [0, 0.05) is 43.9 Å². The second kappa shape index (κ2) is 7.89. The Balaban J connectivity index is 1.42. The van der Waals surface area contributed by atoms with Gasteiger partial charge in [-0.3, -0.25) is 4.79 Å². The van der Waals surface area contributed by atoms with Crippen molar-refractivity contribution in [1.82, 2.24) is 14.9 Å². The van der Waals surface area contributed by atoms with Crippen molar-refractivity contribution in [2.75, 3.05) is 31.1 Å². The van der Waals surface area contributed by atoms with E-state index in [9.17, 15) is 4.79 Å². The highest BCUT2D eigenvalue weighted by Gasteiger charge is 2.37. The predicted octanol–water partition coefficient (Wildman–Crippen LogP) is 2.79. The van der Waals surface area contributed by atoms with Crippen molar-refractivity contribution in [2.24, 2.45) is 0 Å². The van der Waals surface area contributed by atoms with E-state index in [1.807, 2.05) is 49.1 Å². The highest BCUT2D eigenvalue weighted by Crippen LogP contribution is 2.34. The molecule has 2 aliphatic heterocycles. The van der Waals surface area contributed by atoms with E-state index in [0.29, 0.717) is 24.6 Å². The summed E-state index contributed by atoms with van der Waals surface area (Å²) < 4.78 is 11.9. The van der Waals surface area contributed by atoms with Gasteiger partial charge in [-0.2, -0.15) is 0 Å². The first kappa shape index (κ1) is 19.5.